The number of aromatic nitrogens is 1. The number of aryl methyl sites for hydroxylation is 1. The fourth-order valence-electron chi connectivity index (χ4n) is 1.38. The number of pyridine rings is 1. The quantitative estimate of drug-likeness (QED) is 0.667. The van der Waals surface area contributed by atoms with Gasteiger partial charge in [-0.25, -0.2) is 9.37 Å². The summed E-state index contributed by atoms with van der Waals surface area (Å²) in [5, 5.41) is 0.437. The van der Waals surface area contributed by atoms with Gasteiger partial charge in [0, 0.05) is 11.8 Å². The van der Waals surface area contributed by atoms with Crippen molar-refractivity contribution in [2.24, 2.45) is 0 Å². The van der Waals surface area contributed by atoms with Crippen molar-refractivity contribution < 1.29 is 4.39 Å². The first-order valence-corrected chi connectivity index (χ1v) is 4.93. The molecule has 2 rings (SSSR count). The summed E-state index contributed by atoms with van der Waals surface area (Å²) >= 11 is 5.97. The summed E-state index contributed by atoms with van der Waals surface area (Å²) in [5.74, 6) is -0.254. The van der Waals surface area contributed by atoms with Crippen LogP contribution in [0.25, 0.3) is 11.1 Å². The Labute approximate surface area is 92.5 Å². The lowest BCUT2D eigenvalue weighted by molar-refractivity contribution is 0.628. The van der Waals surface area contributed by atoms with Crippen LogP contribution in [0.15, 0.2) is 36.5 Å². The molecule has 0 spiro atoms. The van der Waals surface area contributed by atoms with Crippen LogP contribution in [0.3, 0.4) is 0 Å². The average molecular weight is 222 g/mol. The molecule has 1 aromatic carbocycles. The maximum Gasteiger partial charge on any atom is 0.136 e. The Hall–Kier alpha value is -1.41. The molecule has 1 nitrogen and oxygen atoms in total. The van der Waals surface area contributed by atoms with Crippen LogP contribution in [0, 0.1) is 12.7 Å². The molecule has 0 saturated heterocycles. The lowest BCUT2D eigenvalue weighted by Gasteiger charge is -2.04. The van der Waals surface area contributed by atoms with Crippen molar-refractivity contribution in [3.63, 3.8) is 0 Å². The highest BCUT2D eigenvalue weighted by atomic mass is 35.5. The minimum absolute atomic E-state index is 0.254. The molecule has 0 aliphatic rings. The molecule has 0 aliphatic carbocycles. The van der Waals surface area contributed by atoms with Crippen LogP contribution in [0.5, 0.6) is 0 Å². The van der Waals surface area contributed by atoms with Gasteiger partial charge in [-0.2, -0.15) is 0 Å². The summed E-state index contributed by atoms with van der Waals surface area (Å²) in [6.07, 6.45) is 1.70. The van der Waals surface area contributed by atoms with Gasteiger partial charge in [-0.3, -0.25) is 0 Å². The topological polar surface area (TPSA) is 12.9 Å². The lowest BCUT2D eigenvalue weighted by atomic mass is 10.1. The van der Waals surface area contributed by atoms with Crippen molar-refractivity contribution in [1.29, 1.82) is 0 Å². The molecule has 3 heteroatoms. The molecular formula is C12H9ClFN. The monoisotopic (exact) mass is 221 g/mol. The van der Waals surface area contributed by atoms with Gasteiger partial charge in [0.2, 0.25) is 0 Å². The second kappa shape index (κ2) is 3.99. The van der Waals surface area contributed by atoms with Crippen LogP contribution in [0.1, 0.15) is 5.56 Å². The number of rotatable bonds is 1. The molecule has 1 aromatic heterocycles. The molecule has 15 heavy (non-hydrogen) atoms. The van der Waals surface area contributed by atoms with Gasteiger partial charge in [0.1, 0.15) is 11.0 Å². The Morgan fingerprint density at radius 3 is 2.53 bits per heavy atom. The Bertz CT molecular complexity index is 479. The third-order valence-corrected chi connectivity index (χ3v) is 2.43. The summed E-state index contributed by atoms with van der Waals surface area (Å²) in [5.41, 5.74) is 2.73. The molecule has 0 aliphatic heterocycles. The zero-order valence-corrected chi connectivity index (χ0v) is 8.92. The number of benzene rings is 1. The fourth-order valence-corrected chi connectivity index (χ4v) is 1.60. The molecule has 0 bridgehead atoms. The van der Waals surface area contributed by atoms with Crippen LogP contribution < -0.4 is 0 Å². The normalized spacial score (nSPS) is 10.3. The third kappa shape index (κ3) is 2.16. The van der Waals surface area contributed by atoms with Crippen molar-refractivity contribution in [2.45, 2.75) is 6.92 Å². The molecule has 76 valence electrons. The lowest BCUT2D eigenvalue weighted by Crippen LogP contribution is -1.85. The van der Waals surface area contributed by atoms with E-state index in [0.29, 0.717) is 5.15 Å². The van der Waals surface area contributed by atoms with E-state index in [4.69, 9.17) is 11.6 Å². The van der Waals surface area contributed by atoms with Crippen LogP contribution in [-0.2, 0) is 0 Å². The largest absolute Gasteiger partial charge is 0.244 e. The van der Waals surface area contributed by atoms with E-state index in [1.807, 2.05) is 13.0 Å². The van der Waals surface area contributed by atoms with Crippen LogP contribution in [-0.4, -0.2) is 4.98 Å². The predicted octanol–water partition coefficient (Wildman–Crippen LogP) is 3.85. The maximum absolute atomic E-state index is 12.7. The van der Waals surface area contributed by atoms with Crippen molar-refractivity contribution >= 4 is 11.6 Å². The molecule has 0 fully saturated rings. The van der Waals surface area contributed by atoms with Crippen LogP contribution >= 0.6 is 11.6 Å². The first-order chi connectivity index (χ1) is 7.16. The molecule has 0 saturated carbocycles. The number of halogens is 2. The maximum atomic E-state index is 12.7. The van der Waals surface area contributed by atoms with E-state index in [0.717, 1.165) is 16.7 Å². The summed E-state index contributed by atoms with van der Waals surface area (Å²) in [7, 11) is 0. The van der Waals surface area contributed by atoms with Gasteiger partial charge in [-0.15, -0.1) is 0 Å². The van der Waals surface area contributed by atoms with Gasteiger partial charge in [-0.1, -0.05) is 23.7 Å². The molecular weight excluding hydrogens is 213 g/mol. The van der Waals surface area contributed by atoms with Gasteiger partial charge in [0.25, 0.3) is 0 Å². The fraction of sp³-hybridized carbons (Fsp3) is 0.0833. The smallest absolute Gasteiger partial charge is 0.136 e. The SMILES string of the molecule is Cc1cnc(Cl)c(-c2ccc(F)cc2)c1. The van der Waals surface area contributed by atoms with E-state index in [1.54, 1.807) is 18.3 Å². The third-order valence-electron chi connectivity index (χ3n) is 2.13. The molecule has 0 N–H and O–H groups in total. The molecule has 0 amide bonds. The number of hydrogen-bond acceptors (Lipinski definition) is 1. The predicted molar refractivity (Wildman–Crippen MR) is 59.4 cm³/mol. The Morgan fingerprint density at radius 1 is 1.20 bits per heavy atom. The summed E-state index contributed by atoms with van der Waals surface area (Å²) in [4.78, 5) is 4.05. The Kier molecular flexibility index (Phi) is 2.69. The second-order valence-electron chi connectivity index (χ2n) is 3.36. The van der Waals surface area contributed by atoms with Crippen LogP contribution in [0.4, 0.5) is 4.39 Å². The van der Waals surface area contributed by atoms with E-state index in [-0.39, 0.29) is 5.82 Å². The van der Waals surface area contributed by atoms with E-state index >= 15 is 0 Å². The first-order valence-electron chi connectivity index (χ1n) is 4.55. The second-order valence-corrected chi connectivity index (χ2v) is 3.72. The van der Waals surface area contributed by atoms with E-state index < -0.39 is 0 Å². The van der Waals surface area contributed by atoms with Gasteiger partial charge in [0.05, 0.1) is 0 Å². The summed E-state index contributed by atoms with van der Waals surface area (Å²) < 4.78 is 12.7. The Balaban J connectivity index is 2.53. The first kappa shape index (κ1) is 10.1. The van der Waals surface area contributed by atoms with Crippen molar-refractivity contribution in [2.75, 3.05) is 0 Å². The van der Waals surface area contributed by atoms with E-state index in [1.165, 1.54) is 12.1 Å². The van der Waals surface area contributed by atoms with Gasteiger partial charge in [-0.05, 0) is 36.2 Å². The highest BCUT2D eigenvalue weighted by molar-refractivity contribution is 6.32. The van der Waals surface area contributed by atoms with Gasteiger partial charge >= 0.3 is 0 Å². The Morgan fingerprint density at radius 2 is 1.87 bits per heavy atom. The standard InChI is InChI=1S/C12H9ClFN/c1-8-6-11(12(13)15-7-8)9-2-4-10(14)5-3-9/h2-7H,1H3. The molecule has 0 unspecified atom stereocenters. The average Bonchev–Trinajstić information content (AvgIpc) is 2.23. The molecule has 2 aromatic rings. The number of nitrogens with zero attached hydrogens (tertiary/aromatic N) is 1. The van der Waals surface area contributed by atoms with Crippen LogP contribution in [0.2, 0.25) is 5.15 Å². The highest BCUT2D eigenvalue weighted by Gasteiger charge is 2.04. The van der Waals surface area contributed by atoms with Crippen molar-refractivity contribution in [1.82, 2.24) is 4.98 Å². The number of hydrogen-bond donors (Lipinski definition) is 0. The molecule has 1 heterocycles. The zero-order chi connectivity index (χ0) is 10.8. The van der Waals surface area contributed by atoms with Gasteiger partial charge < -0.3 is 0 Å². The van der Waals surface area contributed by atoms with Gasteiger partial charge in [0.15, 0.2) is 0 Å². The highest BCUT2D eigenvalue weighted by Crippen LogP contribution is 2.26. The minimum atomic E-state index is -0.254. The van der Waals surface area contributed by atoms with Crippen molar-refractivity contribution in [3.05, 3.63) is 53.1 Å². The summed E-state index contributed by atoms with van der Waals surface area (Å²) in [6, 6.07) is 8.14. The van der Waals surface area contributed by atoms with E-state index in [9.17, 15) is 4.39 Å². The zero-order valence-electron chi connectivity index (χ0n) is 8.17. The molecule has 0 radical (unpaired) electrons. The van der Waals surface area contributed by atoms with Crippen molar-refractivity contribution in [3.8, 4) is 11.1 Å². The minimum Gasteiger partial charge on any atom is -0.244 e. The van der Waals surface area contributed by atoms with E-state index in [2.05, 4.69) is 4.98 Å². The molecule has 0 atom stereocenters. The summed E-state index contributed by atoms with van der Waals surface area (Å²) in [6.45, 7) is 1.94.